The highest BCUT2D eigenvalue weighted by atomic mass is 19.4. The SMILES string of the molecule is C/C(C#N)=C1C2=C(/C(=C(/C)C#N)c3c2cccc3-c2cc(OC(F)(F)F)c(C#N)c(OC(F)(F)F)c2)c2cccc(-c3cc(OC(F)(F)F)c(C#N)c(OC(F)(F)F)c3)c2/1. The predicted molar refractivity (Wildman–Crippen MR) is 183 cm³/mol. The molecule has 0 spiro atoms. The first-order valence-electron chi connectivity index (χ1n) is 16.3. The van der Waals surface area contributed by atoms with Crippen molar-refractivity contribution in [2.75, 3.05) is 0 Å². The van der Waals surface area contributed by atoms with E-state index in [0.29, 0.717) is 24.3 Å². The van der Waals surface area contributed by atoms with Gasteiger partial charge in [-0.25, -0.2) is 0 Å². The fraction of sp³-hybridized carbons (Fsp3) is 0.150. The second kappa shape index (κ2) is 14.7. The standard InChI is InChI=1S/C40H16F12N4O4/c1-17(13-53)31-33-21(19-9-27(57-37(41,42)43)25(15-55)28(10-19)58-38(44,45)46)5-3-7-23(33)36-32(18(2)14-54)34-22(6-4-8-24(34)35(31)36)20-11-29(59-39(47,48)49)26(16-56)30(12-20)60-40(50,51)52/h3-12H,1-2H3/b31-17-,32-18-. The third kappa shape index (κ3) is 7.95. The lowest BCUT2D eigenvalue weighted by atomic mass is 9.83. The summed E-state index contributed by atoms with van der Waals surface area (Å²) in [6, 6.07) is 16.9. The van der Waals surface area contributed by atoms with Gasteiger partial charge in [0, 0.05) is 22.3 Å². The van der Waals surface area contributed by atoms with E-state index in [1.807, 2.05) is 12.1 Å². The fourth-order valence-corrected chi connectivity index (χ4v) is 6.97. The summed E-state index contributed by atoms with van der Waals surface area (Å²) >= 11 is 0. The van der Waals surface area contributed by atoms with Crippen LogP contribution in [0.1, 0.15) is 47.2 Å². The summed E-state index contributed by atoms with van der Waals surface area (Å²) in [5.41, 5.74) is -3.25. The van der Waals surface area contributed by atoms with Gasteiger partial charge in [-0.15, -0.1) is 52.7 Å². The van der Waals surface area contributed by atoms with Crippen molar-refractivity contribution in [2.24, 2.45) is 0 Å². The number of benzene rings is 4. The van der Waals surface area contributed by atoms with Crippen LogP contribution in [0, 0.1) is 45.3 Å². The maximum absolute atomic E-state index is 13.5. The van der Waals surface area contributed by atoms with Gasteiger partial charge in [-0.2, -0.15) is 21.0 Å². The highest BCUT2D eigenvalue weighted by Crippen LogP contribution is 2.62. The molecule has 0 aromatic heterocycles. The Hall–Kier alpha value is -7.58. The molecule has 0 fully saturated rings. The summed E-state index contributed by atoms with van der Waals surface area (Å²) in [4.78, 5) is 0. The van der Waals surface area contributed by atoms with E-state index in [0.717, 1.165) is 0 Å². The average Bonchev–Trinajstić information content (AvgIpc) is 3.64. The predicted octanol–water partition coefficient (Wildman–Crippen LogP) is 11.9. The van der Waals surface area contributed by atoms with E-state index in [2.05, 4.69) is 18.9 Å². The molecule has 0 saturated carbocycles. The van der Waals surface area contributed by atoms with Crippen LogP contribution in [-0.4, -0.2) is 25.4 Å². The van der Waals surface area contributed by atoms with Crippen LogP contribution in [-0.2, 0) is 0 Å². The molecule has 0 aliphatic heterocycles. The van der Waals surface area contributed by atoms with Crippen molar-refractivity contribution in [3.05, 3.63) is 105 Å². The Labute approximate surface area is 328 Å². The Balaban J connectivity index is 1.67. The quantitative estimate of drug-likeness (QED) is 0.138. The largest absolute Gasteiger partial charge is 0.573 e. The molecule has 0 atom stereocenters. The van der Waals surface area contributed by atoms with Gasteiger partial charge in [-0.1, -0.05) is 36.4 Å². The van der Waals surface area contributed by atoms with Gasteiger partial charge in [0.05, 0.1) is 12.1 Å². The van der Waals surface area contributed by atoms with E-state index in [-0.39, 0.29) is 66.8 Å². The molecule has 4 aromatic rings. The van der Waals surface area contributed by atoms with Gasteiger partial charge >= 0.3 is 25.4 Å². The van der Waals surface area contributed by atoms with Crippen LogP contribution in [0.2, 0.25) is 0 Å². The molecule has 0 heterocycles. The third-order valence-electron chi connectivity index (χ3n) is 8.88. The molecule has 0 unspecified atom stereocenters. The van der Waals surface area contributed by atoms with E-state index in [4.69, 9.17) is 0 Å². The molecule has 0 saturated heterocycles. The van der Waals surface area contributed by atoms with Gasteiger partial charge in [-0.05, 0) is 93.8 Å². The number of allylic oxidation sites excluding steroid dienone is 6. The number of alkyl halides is 12. The van der Waals surface area contributed by atoms with E-state index in [1.54, 1.807) is 0 Å². The van der Waals surface area contributed by atoms with Gasteiger partial charge in [0.15, 0.2) is 23.0 Å². The summed E-state index contributed by atoms with van der Waals surface area (Å²) < 4.78 is 178. The maximum Gasteiger partial charge on any atom is 0.573 e. The number of rotatable bonds is 6. The van der Waals surface area contributed by atoms with Crippen molar-refractivity contribution in [3.8, 4) is 69.5 Å². The van der Waals surface area contributed by atoms with Gasteiger partial charge in [0.1, 0.15) is 23.3 Å². The average molecular weight is 845 g/mol. The van der Waals surface area contributed by atoms with Crippen molar-refractivity contribution in [1.29, 1.82) is 21.0 Å². The summed E-state index contributed by atoms with van der Waals surface area (Å²) in [5.74, 6) is -5.49. The van der Waals surface area contributed by atoms with Crippen LogP contribution in [0.4, 0.5) is 52.7 Å². The van der Waals surface area contributed by atoms with Crippen LogP contribution in [0.5, 0.6) is 23.0 Å². The maximum atomic E-state index is 13.5. The molecule has 0 radical (unpaired) electrons. The van der Waals surface area contributed by atoms with Crippen molar-refractivity contribution < 1.29 is 71.6 Å². The Morgan fingerprint density at radius 2 is 0.717 bits per heavy atom. The number of fused-ring (bicyclic) bond motifs is 4. The Bertz CT molecular complexity index is 2520. The molecule has 60 heavy (non-hydrogen) atoms. The Morgan fingerprint density at radius 3 is 0.950 bits per heavy atom. The molecule has 8 nitrogen and oxygen atoms in total. The van der Waals surface area contributed by atoms with Crippen molar-refractivity contribution in [1.82, 2.24) is 0 Å². The second-order valence-electron chi connectivity index (χ2n) is 12.5. The Kier molecular flexibility index (Phi) is 10.3. The minimum atomic E-state index is -5.51. The van der Waals surface area contributed by atoms with Crippen LogP contribution in [0.15, 0.2) is 71.8 Å². The van der Waals surface area contributed by atoms with Gasteiger partial charge in [0.25, 0.3) is 0 Å². The highest BCUT2D eigenvalue weighted by Gasteiger charge is 2.43. The van der Waals surface area contributed by atoms with Crippen molar-refractivity contribution in [2.45, 2.75) is 39.3 Å². The zero-order chi connectivity index (χ0) is 44.3. The fourth-order valence-electron chi connectivity index (χ4n) is 6.97. The second-order valence-corrected chi connectivity index (χ2v) is 12.5. The highest BCUT2D eigenvalue weighted by molar-refractivity contribution is 6.39. The first kappa shape index (κ1) is 42.0. The topological polar surface area (TPSA) is 132 Å². The van der Waals surface area contributed by atoms with Crippen molar-refractivity contribution in [3.63, 3.8) is 0 Å². The van der Waals surface area contributed by atoms with E-state index in [9.17, 15) is 73.7 Å². The van der Waals surface area contributed by atoms with Crippen LogP contribution < -0.4 is 18.9 Å². The molecule has 0 N–H and O–H groups in total. The molecule has 20 heteroatoms. The van der Waals surface area contributed by atoms with E-state index >= 15 is 0 Å². The minimum absolute atomic E-state index is 0.0141. The van der Waals surface area contributed by atoms with Crippen molar-refractivity contribution >= 4 is 22.3 Å². The number of ether oxygens (including phenoxy) is 4. The lowest BCUT2D eigenvalue weighted by Crippen LogP contribution is -2.20. The summed E-state index contributed by atoms with van der Waals surface area (Å²) in [7, 11) is 0. The zero-order valence-corrected chi connectivity index (χ0v) is 29.7. The summed E-state index contributed by atoms with van der Waals surface area (Å²) in [6.45, 7) is 2.62. The smallest absolute Gasteiger partial charge is 0.404 e. The first-order chi connectivity index (χ1) is 27.9. The van der Waals surface area contributed by atoms with Gasteiger partial charge in [0.2, 0.25) is 0 Å². The number of nitriles is 4. The number of halogens is 12. The normalized spacial score (nSPS) is 15.1. The molecule has 2 aliphatic carbocycles. The van der Waals surface area contributed by atoms with Crippen LogP contribution in [0.3, 0.4) is 0 Å². The molecular weight excluding hydrogens is 828 g/mol. The molecule has 2 aliphatic rings. The lowest BCUT2D eigenvalue weighted by Gasteiger charge is -2.21. The van der Waals surface area contributed by atoms with E-state index in [1.165, 1.54) is 62.4 Å². The van der Waals surface area contributed by atoms with Gasteiger partial charge in [-0.3, -0.25) is 0 Å². The minimum Gasteiger partial charge on any atom is -0.404 e. The molecule has 304 valence electrons. The third-order valence-corrected chi connectivity index (χ3v) is 8.88. The molecule has 0 amide bonds. The molecule has 4 aromatic carbocycles. The summed E-state index contributed by atoms with van der Waals surface area (Å²) in [6.07, 6.45) is -22.0. The van der Waals surface area contributed by atoms with Gasteiger partial charge < -0.3 is 18.9 Å². The van der Waals surface area contributed by atoms with Crippen LogP contribution >= 0.6 is 0 Å². The molecule has 0 bridgehead atoms. The molecule has 6 rings (SSSR count). The lowest BCUT2D eigenvalue weighted by molar-refractivity contribution is -0.278. The molecular formula is C40H16F12N4O4. The van der Waals surface area contributed by atoms with Crippen LogP contribution in [0.25, 0.3) is 44.5 Å². The first-order valence-corrected chi connectivity index (χ1v) is 16.3. The zero-order valence-electron chi connectivity index (χ0n) is 29.7. The number of hydrogen-bond donors (Lipinski definition) is 0. The summed E-state index contributed by atoms with van der Waals surface area (Å²) in [5, 5.41) is 39.6. The monoisotopic (exact) mass is 844 g/mol. The Morgan fingerprint density at radius 1 is 0.450 bits per heavy atom. The number of hydrogen-bond acceptors (Lipinski definition) is 8. The number of nitrogens with zero attached hydrogens (tertiary/aromatic N) is 4. The van der Waals surface area contributed by atoms with E-state index < -0.39 is 70.7 Å².